The van der Waals surface area contributed by atoms with E-state index in [1.54, 1.807) is 18.4 Å². The lowest BCUT2D eigenvalue weighted by Crippen LogP contribution is -2.07. The van der Waals surface area contributed by atoms with E-state index in [0.29, 0.717) is 11.4 Å². The summed E-state index contributed by atoms with van der Waals surface area (Å²) in [5.41, 5.74) is 0.671. The summed E-state index contributed by atoms with van der Waals surface area (Å²) in [4.78, 5) is 10.2. The van der Waals surface area contributed by atoms with Gasteiger partial charge < -0.3 is 14.5 Å². The second-order valence-corrected chi connectivity index (χ2v) is 4.02. The first kappa shape index (κ1) is 12.9. The van der Waals surface area contributed by atoms with E-state index < -0.39 is 4.92 Å². The molecule has 1 N–H and O–H groups in total. The molecule has 1 atom stereocenters. The van der Waals surface area contributed by atoms with Gasteiger partial charge in [-0.3, -0.25) is 10.1 Å². The summed E-state index contributed by atoms with van der Waals surface area (Å²) in [6, 6.07) is 8.04. The van der Waals surface area contributed by atoms with Crippen molar-refractivity contribution in [2.75, 3.05) is 12.4 Å². The maximum absolute atomic E-state index is 10.7. The largest absolute Gasteiger partial charge is 0.494 e. The van der Waals surface area contributed by atoms with Crippen molar-refractivity contribution < 1.29 is 14.1 Å². The van der Waals surface area contributed by atoms with E-state index in [0.717, 1.165) is 5.76 Å². The van der Waals surface area contributed by atoms with Gasteiger partial charge in [-0.15, -0.1) is 0 Å². The summed E-state index contributed by atoms with van der Waals surface area (Å²) in [7, 11) is 1.47. The molecule has 1 heterocycles. The molecule has 1 aromatic heterocycles. The van der Waals surface area contributed by atoms with Crippen LogP contribution in [0.25, 0.3) is 0 Å². The van der Waals surface area contributed by atoms with E-state index in [4.69, 9.17) is 9.15 Å². The van der Waals surface area contributed by atoms with Crippen molar-refractivity contribution in [1.82, 2.24) is 0 Å². The van der Waals surface area contributed by atoms with Gasteiger partial charge in [0, 0.05) is 6.07 Å². The number of nitro benzene ring substituents is 1. The van der Waals surface area contributed by atoms with E-state index in [-0.39, 0.29) is 11.7 Å². The third-order valence-corrected chi connectivity index (χ3v) is 2.74. The maximum atomic E-state index is 10.7. The topological polar surface area (TPSA) is 77.5 Å². The number of ether oxygens (including phenoxy) is 1. The molecule has 1 unspecified atom stereocenters. The number of furan rings is 1. The lowest BCUT2D eigenvalue weighted by atomic mass is 10.2. The second-order valence-electron chi connectivity index (χ2n) is 4.02. The van der Waals surface area contributed by atoms with Crippen molar-refractivity contribution in [1.29, 1.82) is 0 Å². The molecule has 0 aliphatic rings. The molecular formula is C13H14N2O4. The summed E-state index contributed by atoms with van der Waals surface area (Å²) < 4.78 is 10.4. The van der Waals surface area contributed by atoms with Crippen LogP contribution in [0.2, 0.25) is 0 Å². The van der Waals surface area contributed by atoms with Crippen molar-refractivity contribution in [2.24, 2.45) is 0 Å². The zero-order valence-electron chi connectivity index (χ0n) is 10.6. The number of benzene rings is 1. The van der Waals surface area contributed by atoms with Gasteiger partial charge in [-0.05, 0) is 25.1 Å². The van der Waals surface area contributed by atoms with E-state index >= 15 is 0 Å². The highest BCUT2D eigenvalue weighted by Crippen LogP contribution is 2.31. The molecule has 0 aliphatic carbocycles. The fourth-order valence-electron chi connectivity index (χ4n) is 1.75. The molecule has 0 saturated carbocycles. The highest BCUT2D eigenvalue weighted by molar-refractivity contribution is 5.61. The van der Waals surface area contributed by atoms with E-state index in [1.807, 2.05) is 13.0 Å². The number of nitrogens with one attached hydrogen (secondary N) is 1. The Morgan fingerprint density at radius 1 is 1.42 bits per heavy atom. The maximum Gasteiger partial charge on any atom is 0.273 e. The highest BCUT2D eigenvalue weighted by Gasteiger charge is 2.14. The van der Waals surface area contributed by atoms with Gasteiger partial charge in [0.05, 0.1) is 36.1 Å². The summed E-state index contributed by atoms with van der Waals surface area (Å²) in [6.07, 6.45) is 1.60. The Labute approximate surface area is 110 Å². The van der Waals surface area contributed by atoms with Gasteiger partial charge in [0.25, 0.3) is 5.69 Å². The molecule has 0 saturated heterocycles. The van der Waals surface area contributed by atoms with Crippen LogP contribution in [0, 0.1) is 10.1 Å². The first-order valence-electron chi connectivity index (χ1n) is 5.74. The predicted molar refractivity (Wildman–Crippen MR) is 70.4 cm³/mol. The Kier molecular flexibility index (Phi) is 3.70. The van der Waals surface area contributed by atoms with Gasteiger partial charge in [0.15, 0.2) is 0 Å². The first-order chi connectivity index (χ1) is 9.11. The molecular weight excluding hydrogens is 248 g/mol. The molecule has 6 heteroatoms. The smallest absolute Gasteiger partial charge is 0.273 e. The number of rotatable bonds is 5. The van der Waals surface area contributed by atoms with Crippen LogP contribution >= 0.6 is 0 Å². The van der Waals surface area contributed by atoms with Gasteiger partial charge in [0.2, 0.25) is 0 Å². The van der Waals surface area contributed by atoms with Crippen molar-refractivity contribution >= 4 is 11.4 Å². The Morgan fingerprint density at radius 3 is 2.79 bits per heavy atom. The summed E-state index contributed by atoms with van der Waals surface area (Å²) >= 11 is 0. The van der Waals surface area contributed by atoms with E-state index in [9.17, 15) is 10.1 Å². The van der Waals surface area contributed by atoms with Crippen LogP contribution in [-0.2, 0) is 0 Å². The standard InChI is InChI=1S/C13H14N2O4/c1-9(12-4-3-7-19-12)14-11-6-5-10(15(16)17)8-13(11)18-2/h3-9,14H,1-2H3. The van der Waals surface area contributed by atoms with Gasteiger partial charge in [-0.25, -0.2) is 0 Å². The minimum atomic E-state index is -0.456. The Hall–Kier alpha value is -2.50. The fraction of sp³-hybridized carbons (Fsp3) is 0.231. The SMILES string of the molecule is COc1cc([N+](=O)[O-])ccc1NC(C)c1ccco1. The van der Waals surface area contributed by atoms with Crippen LogP contribution in [0.15, 0.2) is 41.0 Å². The Bertz CT molecular complexity index is 566. The van der Waals surface area contributed by atoms with Gasteiger partial charge in [-0.1, -0.05) is 0 Å². The van der Waals surface area contributed by atoms with Crippen LogP contribution in [-0.4, -0.2) is 12.0 Å². The number of hydrogen-bond donors (Lipinski definition) is 1. The molecule has 2 aromatic rings. The van der Waals surface area contributed by atoms with Crippen molar-refractivity contribution in [3.05, 3.63) is 52.5 Å². The Morgan fingerprint density at radius 2 is 2.21 bits per heavy atom. The molecule has 0 bridgehead atoms. The number of non-ortho nitro benzene ring substituents is 1. The highest BCUT2D eigenvalue weighted by atomic mass is 16.6. The molecule has 0 aliphatic heterocycles. The quantitative estimate of drug-likeness (QED) is 0.660. The van der Waals surface area contributed by atoms with Crippen LogP contribution in [0.5, 0.6) is 5.75 Å². The molecule has 19 heavy (non-hydrogen) atoms. The summed E-state index contributed by atoms with van der Waals surface area (Å²) in [5.74, 6) is 1.20. The molecule has 0 spiro atoms. The lowest BCUT2D eigenvalue weighted by Gasteiger charge is -2.15. The number of nitro groups is 1. The molecule has 100 valence electrons. The van der Waals surface area contributed by atoms with Crippen LogP contribution in [0.4, 0.5) is 11.4 Å². The predicted octanol–water partition coefficient (Wildman–Crippen LogP) is 3.37. The second kappa shape index (κ2) is 5.43. The van der Waals surface area contributed by atoms with Gasteiger partial charge in [-0.2, -0.15) is 0 Å². The Balaban J connectivity index is 2.22. The minimum Gasteiger partial charge on any atom is -0.494 e. The third-order valence-electron chi connectivity index (χ3n) is 2.74. The molecule has 1 aromatic carbocycles. The molecule has 6 nitrogen and oxygen atoms in total. The average molecular weight is 262 g/mol. The number of hydrogen-bond acceptors (Lipinski definition) is 5. The zero-order chi connectivity index (χ0) is 13.8. The van der Waals surface area contributed by atoms with Crippen LogP contribution in [0.3, 0.4) is 0 Å². The molecule has 0 fully saturated rings. The van der Waals surface area contributed by atoms with Crippen molar-refractivity contribution in [3.8, 4) is 5.75 Å². The first-order valence-corrected chi connectivity index (χ1v) is 5.74. The van der Waals surface area contributed by atoms with Crippen LogP contribution < -0.4 is 10.1 Å². The number of methoxy groups -OCH3 is 1. The monoisotopic (exact) mass is 262 g/mol. The van der Waals surface area contributed by atoms with Crippen LogP contribution in [0.1, 0.15) is 18.7 Å². The summed E-state index contributed by atoms with van der Waals surface area (Å²) in [6.45, 7) is 1.93. The van der Waals surface area contributed by atoms with Crippen molar-refractivity contribution in [3.63, 3.8) is 0 Å². The molecule has 2 rings (SSSR count). The molecule has 0 radical (unpaired) electrons. The lowest BCUT2D eigenvalue weighted by molar-refractivity contribution is -0.384. The summed E-state index contributed by atoms with van der Waals surface area (Å²) in [5, 5.41) is 13.9. The third kappa shape index (κ3) is 2.85. The fourth-order valence-corrected chi connectivity index (χ4v) is 1.75. The van der Waals surface area contributed by atoms with Gasteiger partial charge >= 0.3 is 0 Å². The average Bonchev–Trinajstić information content (AvgIpc) is 2.92. The van der Waals surface area contributed by atoms with Crippen molar-refractivity contribution in [2.45, 2.75) is 13.0 Å². The normalized spacial score (nSPS) is 11.9. The zero-order valence-corrected chi connectivity index (χ0v) is 10.6. The van der Waals surface area contributed by atoms with Gasteiger partial charge in [0.1, 0.15) is 11.5 Å². The minimum absolute atomic E-state index is 0.00643. The number of anilines is 1. The molecule has 0 amide bonds. The van der Waals surface area contributed by atoms with E-state index in [1.165, 1.54) is 19.2 Å². The van der Waals surface area contributed by atoms with E-state index in [2.05, 4.69) is 5.32 Å². The number of nitrogens with zero attached hydrogens (tertiary/aromatic N) is 1.